The van der Waals surface area contributed by atoms with Crippen molar-refractivity contribution in [3.8, 4) is 0 Å². The minimum atomic E-state index is -2.42. The number of isothiocyanates is 1. The second-order valence-corrected chi connectivity index (χ2v) is 20.1. The third-order valence-corrected chi connectivity index (χ3v) is 15.1. The van der Waals surface area contributed by atoms with E-state index in [0.717, 1.165) is 0 Å². The molecule has 0 saturated carbocycles. The van der Waals surface area contributed by atoms with Crippen LogP contribution in [0.1, 0.15) is 51.8 Å². The number of H-pyrrole nitrogens is 2. The Balaban J connectivity index is 1.25. The number of nitrogens with one attached hydrogen (secondary N) is 4. The van der Waals surface area contributed by atoms with Gasteiger partial charge >= 0.3 is 0 Å². The lowest BCUT2D eigenvalue weighted by Gasteiger charge is -2.40. The maximum Gasteiger partial charge on any atom is 0.279 e. The van der Waals surface area contributed by atoms with E-state index < -0.39 is 51.2 Å². The number of hydrogen-bond donors (Lipinski definition) is 4. The number of aromatic amines is 2. The fourth-order valence-electron chi connectivity index (χ4n) is 6.53. The molecule has 6 heterocycles. The Hall–Kier alpha value is -4.40. The van der Waals surface area contributed by atoms with Crippen molar-refractivity contribution in [3.63, 3.8) is 0 Å². The normalized spacial score (nSPS) is 26.0. The Kier molecular flexibility index (Phi) is 10.7. The largest absolute Gasteiger partial charge is 0.407 e. The number of imidazole rings is 2. The van der Waals surface area contributed by atoms with E-state index in [1.165, 1.54) is 12.7 Å². The Morgan fingerprint density at radius 1 is 1.06 bits per heavy atom. The summed E-state index contributed by atoms with van der Waals surface area (Å²) in [6.07, 6.45) is -0.153. The summed E-state index contributed by atoms with van der Waals surface area (Å²) >= 11 is 10.9. The molecule has 6 rings (SSSR count). The first-order valence-corrected chi connectivity index (χ1v) is 20.7. The van der Waals surface area contributed by atoms with Gasteiger partial charge < -0.3 is 34.5 Å². The fraction of sp³-hybridized carbons (Fsp3) is 0.613. The molecule has 282 valence electrons. The smallest absolute Gasteiger partial charge is 0.279 e. The second kappa shape index (κ2) is 14.8. The zero-order valence-corrected chi connectivity index (χ0v) is 33.2. The average molecular weight is 783 g/mol. The van der Waals surface area contributed by atoms with Crippen LogP contribution in [-0.4, -0.2) is 101 Å². The average Bonchev–Trinajstić information content (AvgIpc) is 3.84. The van der Waals surface area contributed by atoms with E-state index in [1.54, 1.807) is 23.0 Å². The van der Waals surface area contributed by atoms with Crippen LogP contribution in [0.15, 0.2) is 32.4 Å². The van der Waals surface area contributed by atoms with Gasteiger partial charge in [-0.3, -0.25) is 18.7 Å². The van der Waals surface area contributed by atoms with Gasteiger partial charge in [0.1, 0.15) is 36.1 Å². The van der Waals surface area contributed by atoms with Crippen molar-refractivity contribution in [3.05, 3.63) is 55.5 Å². The van der Waals surface area contributed by atoms with E-state index in [2.05, 4.69) is 94.6 Å². The van der Waals surface area contributed by atoms with E-state index in [0.29, 0.717) is 22.9 Å². The molecule has 4 aromatic heterocycles. The third-order valence-electron chi connectivity index (χ3n) is 10.2. The van der Waals surface area contributed by atoms with Gasteiger partial charge in [-0.25, -0.2) is 24.9 Å². The Morgan fingerprint density at radius 2 is 1.62 bits per heavy atom. The monoisotopic (exact) mass is 782 g/mol. The maximum atomic E-state index is 12.7. The van der Waals surface area contributed by atoms with Gasteiger partial charge in [-0.05, 0) is 61.9 Å². The first-order chi connectivity index (χ1) is 25.0. The van der Waals surface area contributed by atoms with E-state index in [4.69, 9.17) is 43.9 Å². The number of rotatable bonds is 10. The first-order valence-electron chi connectivity index (χ1n) is 17.0. The molecule has 0 spiro atoms. The van der Waals surface area contributed by atoms with E-state index in [-0.39, 0.29) is 51.3 Å². The van der Waals surface area contributed by atoms with Crippen molar-refractivity contribution >= 4 is 65.4 Å². The molecule has 22 heteroatoms. The lowest BCUT2D eigenvalue weighted by atomic mass is 9.98. The van der Waals surface area contributed by atoms with Crippen LogP contribution in [0.4, 0.5) is 0 Å². The number of nitrogens with zero attached hydrogens (tertiary/aromatic N) is 10. The number of fused-ring (bicyclic) bond motifs is 2. The molecule has 0 bridgehead atoms. The van der Waals surface area contributed by atoms with Crippen molar-refractivity contribution in [2.45, 2.75) is 103 Å². The summed E-state index contributed by atoms with van der Waals surface area (Å²) in [5.41, 5.74) is 9.49. The highest BCUT2D eigenvalue weighted by Gasteiger charge is 2.52. The number of aryl methyl sites for hydroxylation is 2. The Labute approximate surface area is 315 Å². The molecule has 2 saturated heterocycles. The summed E-state index contributed by atoms with van der Waals surface area (Å²) in [5.74, 6) is 0.619. The summed E-state index contributed by atoms with van der Waals surface area (Å²) < 4.78 is 23.5. The molecule has 53 heavy (non-hydrogen) atoms. The highest BCUT2D eigenvalue weighted by atomic mass is 32.1. The number of ether oxygens (including phenoxy) is 2. The van der Waals surface area contributed by atoms with Crippen LogP contribution in [0.2, 0.25) is 18.1 Å². The summed E-state index contributed by atoms with van der Waals surface area (Å²) in [4.78, 5) is 55.8. The zero-order valence-electron chi connectivity index (χ0n) is 30.5. The van der Waals surface area contributed by atoms with E-state index in [9.17, 15) is 9.59 Å². The van der Waals surface area contributed by atoms with Gasteiger partial charge in [-0.2, -0.15) is 0 Å². The number of aliphatic imine (C=N–C) groups is 1. The molecule has 19 nitrogen and oxygen atoms in total. The van der Waals surface area contributed by atoms with Gasteiger partial charge in [0.05, 0.1) is 36.5 Å². The Bertz CT molecular complexity index is 2250. The molecule has 2 aliphatic heterocycles. The van der Waals surface area contributed by atoms with Crippen LogP contribution in [-0.2, 0) is 13.9 Å². The molecule has 2 fully saturated rings. The predicted molar refractivity (Wildman–Crippen MR) is 205 cm³/mol. The molecule has 0 aliphatic carbocycles. The minimum absolute atomic E-state index is 0.0256. The van der Waals surface area contributed by atoms with E-state index >= 15 is 0 Å². The van der Waals surface area contributed by atoms with Crippen LogP contribution in [0.25, 0.3) is 32.8 Å². The molecule has 4 aromatic rings. The lowest BCUT2D eigenvalue weighted by molar-refractivity contribution is -0.0296. The van der Waals surface area contributed by atoms with Crippen molar-refractivity contribution in [1.29, 1.82) is 0 Å². The van der Waals surface area contributed by atoms with Gasteiger partial charge in [0.15, 0.2) is 42.0 Å². The molecule has 0 aromatic carbocycles. The molecule has 0 amide bonds. The SMILES string of the molecule is Cc1nc2c(ncn2[C@@H]2O[C@H](CN=[N+]=[N-])[C@H](NC(=S)NC[C@H]3O[C@@H](n4cnc5c(=O)[nH]c(C)nc54)[C@@H](O[Si](C)(C)C(C)(C)C)C3N=C=S)C2C)c(=O)[nH]1. The predicted octanol–water partition coefficient (Wildman–Crippen LogP) is 3.31. The quantitative estimate of drug-likeness (QED) is 0.0452. The zero-order chi connectivity index (χ0) is 38.4. The van der Waals surface area contributed by atoms with Crippen LogP contribution in [0.5, 0.6) is 0 Å². The highest BCUT2D eigenvalue weighted by Crippen LogP contribution is 2.43. The lowest BCUT2D eigenvalue weighted by Crippen LogP contribution is -2.51. The molecule has 2 unspecified atom stereocenters. The molecular weight excluding hydrogens is 741 g/mol. The highest BCUT2D eigenvalue weighted by molar-refractivity contribution is 7.80. The molecule has 4 N–H and O–H groups in total. The number of hydrogen-bond acceptors (Lipinski definition) is 13. The van der Waals surface area contributed by atoms with Gasteiger partial charge in [-0.1, -0.05) is 32.8 Å². The van der Waals surface area contributed by atoms with Crippen molar-refractivity contribution in [2.75, 3.05) is 13.1 Å². The van der Waals surface area contributed by atoms with Crippen LogP contribution >= 0.6 is 24.4 Å². The summed E-state index contributed by atoms with van der Waals surface area (Å²) in [5, 5.41) is 13.1. The number of thiocarbonyl (C=S) groups is 2. The van der Waals surface area contributed by atoms with Crippen molar-refractivity contribution in [1.82, 2.24) is 49.7 Å². The van der Waals surface area contributed by atoms with Crippen LogP contribution < -0.4 is 21.8 Å². The second-order valence-electron chi connectivity index (χ2n) is 14.8. The fourth-order valence-corrected chi connectivity index (χ4v) is 8.16. The Morgan fingerprint density at radius 3 is 2.17 bits per heavy atom. The molecule has 8 atom stereocenters. The topological polar surface area (TPSA) is 240 Å². The van der Waals surface area contributed by atoms with Gasteiger partial charge in [-0.15, -0.1) is 0 Å². The first kappa shape index (κ1) is 38.3. The van der Waals surface area contributed by atoms with Crippen LogP contribution in [0.3, 0.4) is 0 Å². The van der Waals surface area contributed by atoms with Crippen LogP contribution in [0, 0.1) is 19.8 Å². The third kappa shape index (κ3) is 7.41. The summed E-state index contributed by atoms with van der Waals surface area (Å²) in [6, 6.07) is -1.02. The van der Waals surface area contributed by atoms with E-state index in [1.807, 2.05) is 6.92 Å². The van der Waals surface area contributed by atoms with Gasteiger partial charge in [0.2, 0.25) is 0 Å². The van der Waals surface area contributed by atoms with Gasteiger partial charge in [0.25, 0.3) is 11.1 Å². The molecule has 0 radical (unpaired) electrons. The summed E-state index contributed by atoms with van der Waals surface area (Å²) in [6.45, 7) is 16.3. The summed E-state index contributed by atoms with van der Waals surface area (Å²) in [7, 11) is -2.42. The number of azide groups is 1. The van der Waals surface area contributed by atoms with Crippen molar-refractivity contribution in [2.24, 2.45) is 16.0 Å². The van der Waals surface area contributed by atoms with Crippen molar-refractivity contribution < 1.29 is 13.9 Å². The molecular formula is C31H42N14O5S2Si. The standard InChI is InChI=1S/C31H42N14O5S2Si/c1-14-19(18(10-37-43-32)48-28(14)44-11-34-21-24(44)38-15(2)40-26(21)46)42-30(52)33-9-17-20(36-13-51)23(50-53(7,8)31(4,5)6)29(49-17)45-12-35-22-25(45)39-16(3)41-27(22)47/h11-12,14,17-20,23,28-29H,9-10H2,1-8H3,(H2,33,42,52)(H,38,40,46)(H,39,41,47)/t14?,17-,18-,19-,20?,23+,28-,29-/m1/s1. The minimum Gasteiger partial charge on any atom is -0.407 e. The van der Waals surface area contributed by atoms with Gasteiger partial charge in [0, 0.05) is 17.4 Å². The maximum absolute atomic E-state index is 12.7. The number of aromatic nitrogens is 8. The molecule has 2 aliphatic rings.